The molecular weight excluding hydrogens is 739 g/mol. The van der Waals surface area contributed by atoms with Crippen molar-refractivity contribution in [1.29, 1.82) is 0 Å². The minimum absolute atomic E-state index is 0.0316. The Morgan fingerprint density at radius 1 is 0.690 bits per heavy atom. The highest BCUT2D eigenvalue weighted by molar-refractivity contribution is 6.02. The fourth-order valence-corrected chi connectivity index (χ4v) is 6.37. The van der Waals surface area contributed by atoms with E-state index >= 15 is 0 Å². The SMILES string of the molecule is CC1=C(/C=C/C(C)=C/C=C/C(C)=C/C=C/C=C(C)/C=C/C=C(C)/C=C/C2=C(C)C(=O)C(OC(=O)CCC(=O)O)CC2(C)C)C(C)CC(OC(=O)CCC(=O)N=O)C1=O. The summed E-state index contributed by atoms with van der Waals surface area (Å²) >= 11 is 0. The van der Waals surface area contributed by atoms with Crippen molar-refractivity contribution < 1.29 is 43.3 Å². The highest BCUT2D eigenvalue weighted by Gasteiger charge is 2.40. The number of carboxylic acids is 1. The lowest BCUT2D eigenvalue weighted by Gasteiger charge is -2.36. The fraction of sp³-hybridized carbons (Fsp3) is 0.404. The maximum absolute atomic E-state index is 13.0. The summed E-state index contributed by atoms with van der Waals surface area (Å²) in [7, 11) is 0. The number of esters is 2. The maximum Gasteiger partial charge on any atom is 0.307 e. The van der Waals surface area contributed by atoms with Gasteiger partial charge in [-0.15, -0.1) is 4.91 Å². The molecule has 0 saturated heterocycles. The van der Waals surface area contributed by atoms with Crippen LogP contribution in [0.5, 0.6) is 0 Å². The Kier molecular flexibility index (Phi) is 19.5. The normalized spacial score (nSPS) is 21.4. The standard InChI is InChI=1S/C47H57NO10/c1-30(16-12-18-32(3)20-22-37-34(5)28-39(45(54)35(37)6)57-43(52)26-24-41(49)48-56)14-10-11-15-31(2)17-13-19-33(4)21-23-38-36(7)46(55)40(29-47(38,8)9)58-44(53)27-25-42(50)51/h10-23,34,39-40H,24-29H2,1-9H3,(H,50,51)/b11-10+,16-12+,17-13+,22-20+,23-21+,30-14+,31-15+,32-18+,33-19+. The molecule has 0 bridgehead atoms. The Bertz CT molecular complexity index is 1970. The number of ketones is 2. The third kappa shape index (κ3) is 16.3. The first-order valence-corrected chi connectivity index (χ1v) is 19.3. The molecule has 0 aromatic rings. The van der Waals surface area contributed by atoms with E-state index in [1.54, 1.807) is 13.8 Å². The van der Waals surface area contributed by atoms with Gasteiger partial charge in [-0.2, -0.15) is 0 Å². The number of hydrogen-bond donors (Lipinski definition) is 1. The second-order valence-electron chi connectivity index (χ2n) is 15.3. The second kappa shape index (κ2) is 23.4. The van der Waals surface area contributed by atoms with Crippen LogP contribution in [0.15, 0.2) is 135 Å². The van der Waals surface area contributed by atoms with Crippen molar-refractivity contribution in [3.05, 3.63) is 135 Å². The van der Waals surface area contributed by atoms with Crippen molar-refractivity contribution >= 4 is 35.4 Å². The van der Waals surface area contributed by atoms with E-state index in [4.69, 9.17) is 14.6 Å². The summed E-state index contributed by atoms with van der Waals surface area (Å²) < 4.78 is 10.6. The number of carboxylic acid groups (broad SMARTS) is 1. The molecule has 0 heterocycles. The predicted octanol–water partition coefficient (Wildman–Crippen LogP) is 9.56. The van der Waals surface area contributed by atoms with E-state index in [0.29, 0.717) is 24.0 Å². The molecule has 2 aliphatic rings. The zero-order valence-corrected chi connectivity index (χ0v) is 35.1. The number of rotatable bonds is 18. The number of amides is 1. The topological polar surface area (TPSA) is 171 Å². The van der Waals surface area contributed by atoms with Gasteiger partial charge in [0.25, 0.3) is 5.91 Å². The number of carbonyl (C=O) groups excluding carboxylic acids is 5. The zero-order chi connectivity index (χ0) is 43.6. The Morgan fingerprint density at radius 3 is 1.69 bits per heavy atom. The van der Waals surface area contributed by atoms with E-state index in [1.807, 2.05) is 134 Å². The van der Waals surface area contributed by atoms with Gasteiger partial charge in [0.1, 0.15) is 0 Å². The van der Waals surface area contributed by atoms with Crippen molar-refractivity contribution in [2.45, 2.75) is 113 Å². The van der Waals surface area contributed by atoms with E-state index in [1.165, 1.54) is 0 Å². The summed E-state index contributed by atoms with van der Waals surface area (Å²) in [5, 5.41) is 11.1. The molecule has 0 aromatic carbocycles. The summed E-state index contributed by atoms with van der Waals surface area (Å²) in [6, 6.07) is 0. The number of aliphatic carboxylic acids is 1. The van der Waals surface area contributed by atoms with Gasteiger partial charge >= 0.3 is 17.9 Å². The summed E-state index contributed by atoms with van der Waals surface area (Å²) in [5.74, 6) is -4.00. The first-order valence-electron chi connectivity index (χ1n) is 19.3. The van der Waals surface area contributed by atoms with E-state index in [9.17, 15) is 33.7 Å². The van der Waals surface area contributed by atoms with Crippen LogP contribution in [0.3, 0.4) is 0 Å². The molecule has 58 heavy (non-hydrogen) atoms. The third-order valence-electron chi connectivity index (χ3n) is 9.72. The quantitative estimate of drug-likeness (QED) is 0.0800. The number of ether oxygens (including phenoxy) is 2. The lowest BCUT2D eigenvalue weighted by molar-refractivity contribution is -0.157. The monoisotopic (exact) mass is 795 g/mol. The molecule has 1 N–H and O–H groups in total. The molecule has 2 rings (SSSR count). The van der Waals surface area contributed by atoms with Crippen LogP contribution in [0.1, 0.15) is 101 Å². The first-order chi connectivity index (χ1) is 27.2. The smallest absolute Gasteiger partial charge is 0.307 e. The second-order valence-corrected chi connectivity index (χ2v) is 15.3. The minimum atomic E-state index is -1.10. The molecule has 2 aliphatic carbocycles. The Labute approximate surface area is 342 Å². The van der Waals surface area contributed by atoms with Crippen LogP contribution in [-0.4, -0.2) is 52.7 Å². The van der Waals surface area contributed by atoms with Crippen molar-refractivity contribution in [2.75, 3.05) is 0 Å². The van der Waals surface area contributed by atoms with Gasteiger partial charge in [-0.05, 0) is 81.6 Å². The molecule has 11 heteroatoms. The molecule has 310 valence electrons. The van der Waals surface area contributed by atoms with Gasteiger partial charge in [0.2, 0.25) is 0 Å². The summed E-state index contributed by atoms with van der Waals surface area (Å²) in [6.45, 7) is 17.3. The van der Waals surface area contributed by atoms with Crippen molar-refractivity contribution in [3.63, 3.8) is 0 Å². The van der Waals surface area contributed by atoms with Crippen molar-refractivity contribution in [1.82, 2.24) is 0 Å². The lowest BCUT2D eigenvalue weighted by atomic mass is 9.71. The van der Waals surface area contributed by atoms with Gasteiger partial charge in [0.05, 0.1) is 19.3 Å². The molecule has 3 atom stereocenters. The number of allylic oxidation sites excluding steroid dienone is 20. The van der Waals surface area contributed by atoms with Crippen molar-refractivity contribution in [3.8, 4) is 0 Å². The Hall–Kier alpha value is -5.84. The van der Waals surface area contributed by atoms with Crippen LogP contribution in [0.25, 0.3) is 0 Å². The van der Waals surface area contributed by atoms with Crippen LogP contribution in [-0.2, 0) is 38.2 Å². The molecule has 11 nitrogen and oxygen atoms in total. The Balaban J connectivity index is 1.94. The minimum Gasteiger partial charge on any atom is -0.481 e. The molecule has 0 spiro atoms. The van der Waals surface area contributed by atoms with Crippen LogP contribution in [0.4, 0.5) is 0 Å². The lowest BCUT2D eigenvalue weighted by Crippen LogP contribution is -2.39. The number of hydrogen-bond acceptors (Lipinski definition) is 9. The van der Waals surface area contributed by atoms with Crippen LogP contribution >= 0.6 is 0 Å². The van der Waals surface area contributed by atoms with Gasteiger partial charge in [-0.1, -0.05) is 128 Å². The maximum atomic E-state index is 13.0. The van der Waals surface area contributed by atoms with Gasteiger partial charge in [-0.3, -0.25) is 28.8 Å². The van der Waals surface area contributed by atoms with Crippen molar-refractivity contribution in [2.24, 2.45) is 16.5 Å². The third-order valence-corrected chi connectivity index (χ3v) is 9.72. The predicted molar refractivity (Wildman–Crippen MR) is 225 cm³/mol. The van der Waals surface area contributed by atoms with Gasteiger partial charge in [0, 0.05) is 18.0 Å². The molecule has 0 fully saturated rings. The van der Waals surface area contributed by atoms with Gasteiger partial charge in [-0.25, -0.2) is 0 Å². The van der Waals surface area contributed by atoms with E-state index < -0.39 is 41.4 Å². The van der Waals surface area contributed by atoms with Crippen LogP contribution < -0.4 is 0 Å². The number of Topliss-reactive ketones (excluding diaryl/α,β-unsaturated/α-hetero) is 2. The Morgan fingerprint density at radius 2 is 1.16 bits per heavy atom. The molecule has 1 amide bonds. The molecule has 0 radical (unpaired) electrons. The van der Waals surface area contributed by atoms with E-state index in [2.05, 4.69) is 5.18 Å². The summed E-state index contributed by atoms with van der Waals surface area (Å²) in [5.41, 5.74) is 6.43. The average Bonchev–Trinajstić information content (AvgIpc) is 3.15. The zero-order valence-electron chi connectivity index (χ0n) is 35.1. The molecule has 0 aliphatic heterocycles. The first kappa shape index (κ1) is 48.3. The van der Waals surface area contributed by atoms with Crippen LogP contribution in [0.2, 0.25) is 0 Å². The number of nitrogens with zero attached hydrogens (tertiary/aromatic N) is 1. The molecular formula is C47H57NO10. The molecule has 0 saturated carbocycles. The van der Waals surface area contributed by atoms with Gasteiger partial charge < -0.3 is 14.6 Å². The summed E-state index contributed by atoms with van der Waals surface area (Å²) in [4.78, 5) is 82.0. The van der Waals surface area contributed by atoms with Gasteiger partial charge in [0.15, 0.2) is 23.8 Å². The molecule has 0 aromatic heterocycles. The average molecular weight is 796 g/mol. The largest absolute Gasteiger partial charge is 0.481 e. The number of nitroso groups, excluding NO2 is 1. The fourth-order valence-electron chi connectivity index (χ4n) is 6.37. The number of carbonyl (C=O) groups is 6. The van der Waals surface area contributed by atoms with E-state index in [-0.39, 0.29) is 43.2 Å². The molecule has 3 unspecified atom stereocenters. The van der Waals surface area contributed by atoms with Crippen LogP contribution in [0, 0.1) is 16.2 Å². The highest BCUT2D eigenvalue weighted by atomic mass is 16.6. The highest BCUT2D eigenvalue weighted by Crippen LogP contribution is 2.41. The summed E-state index contributed by atoms with van der Waals surface area (Å²) in [6.07, 6.45) is 25.1. The van der Waals surface area contributed by atoms with E-state index in [0.717, 1.165) is 33.4 Å².